The zero-order valence-corrected chi connectivity index (χ0v) is 17.5. The third-order valence-electron chi connectivity index (χ3n) is 7.47. The smallest absolute Gasteiger partial charge is 0.396 e. The number of halogens is 3. The first-order valence-electron chi connectivity index (χ1n) is 11.0. The lowest BCUT2D eigenvalue weighted by Crippen LogP contribution is -2.52. The predicted molar refractivity (Wildman–Crippen MR) is 109 cm³/mol. The van der Waals surface area contributed by atoms with Crippen LogP contribution < -0.4 is 4.90 Å². The van der Waals surface area contributed by atoms with Crippen LogP contribution in [0.3, 0.4) is 0 Å². The number of hydrogen-bond donors (Lipinski definition) is 1. The van der Waals surface area contributed by atoms with Crippen molar-refractivity contribution >= 4 is 11.6 Å². The Morgan fingerprint density at radius 1 is 1.23 bits per heavy atom. The molecule has 1 N–H and O–H groups in total. The fourth-order valence-corrected chi connectivity index (χ4v) is 5.67. The normalized spacial score (nSPS) is 26.7. The Balaban J connectivity index is 1.51. The number of benzene rings is 1. The van der Waals surface area contributed by atoms with Crippen LogP contribution >= 0.6 is 0 Å². The molecule has 3 aliphatic rings. The number of anilines is 1. The maximum Gasteiger partial charge on any atom is 0.417 e. The second kappa shape index (κ2) is 8.34. The minimum Gasteiger partial charge on any atom is -0.396 e. The van der Waals surface area contributed by atoms with Gasteiger partial charge in [-0.1, -0.05) is 12.8 Å². The molecule has 168 valence electrons. The molecule has 0 bridgehead atoms. The van der Waals surface area contributed by atoms with Crippen molar-refractivity contribution in [3.63, 3.8) is 0 Å². The highest BCUT2D eigenvalue weighted by Crippen LogP contribution is 2.45. The maximum atomic E-state index is 13.4. The molecule has 2 atom stereocenters. The molecule has 1 saturated carbocycles. The third-order valence-corrected chi connectivity index (χ3v) is 7.47. The number of hydrogen-bond acceptors (Lipinski definition) is 4. The zero-order valence-electron chi connectivity index (χ0n) is 17.5. The number of rotatable bonds is 4. The number of nitrogens with zero attached hydrogens (tertiary/aromatic N) is 3. The second-order valence-electron chi connectivity index (χ2n) is 9.40. The quantitative estimate of drug-likeness (QED) is 0.781. The monoisotopic (exact) mass is 435 g/mol. The number of aliphatic hydroxyl groups excluding tert-OH is 1. The maximum absolute atomic E-state index is 13.4. The van der Waals surface area contributed by atoms with E-state index in [1.54, 1.807) is 12.1 Å². The van der Waals surface area contributed by atoms with E-state index in [9.17, 15) is 23.1 Å². The molecule has 1 aliphatic carbocycles. The van der Waals surface area contributed by atoms with Crippen LogP contribution in [0.4, 0.5) is 18.9 Å². The molecule has 31 heavy (non-hydrogen) atoms. The fourth-order valence-electron chi connectivity index (χ4n) is 5.67. The summed E-state index contributed by atoms with van der Waals surface area (Å²) in [6.07, 6.45) is 1.24. The number of amides is 1. The van der Waals surface area contributed by atoms with E-state index in [2.05, 4.69) is 0 Å². The molecule has 0 aromatic heterocycles. The van der Waals surface area contributed by atoms with Gasteiger partial charge < -0.3 is 14.9 Å². The zero-order chi connectivity index (χ0) is 22.2. The van der Waals surface area contributed by atoms with Crippen molar-refractivity contribution in [2.45, 2.75) is 44.7 Å². The summed E-state index contributed by atoms with van der Waals surface area (Å²) in [5.41, 5.74) is -1.46. The van der Waals surface area contributed by atoms with Gasteiger partial charge in [-0.15, -0.1) is 0 Å². The van der Waals surface area contributed by atoms with Crippen molar-refractivity contribution in [2.24, 2.45) is 17.3 Å². The van der Waals surface area contributed by atoms with Crippen molar-refractivity contribution in [3.8, 4) is 6.07 Å². The van der Waals surface area contributed by atoms with Gasteiger partial charge in [0.05, 0.1) is 23.8 Å². The summed E-state index contributed by atoms with van der Waals surface area (Å²) in [4.78, 5) is 16.6. The SMILES string of the molecule is N#Cc1ccc(N2C[C@@H]3CCN(C(=O)CC4CCCC4)C[C@]3(CO)C2)cc1C(F)(F)F. The Hall–Kier alpha value is -2.27. The summed E-state index contributed by atoms with van der Waals surface area (Å²) in [5.74, 6) is 0.696. The Bertz CT molecular complexity index is 876. The summed E-state index contributed by atoms with van der Waals surface area (Å²) in [7, 11) is 0. The number of aliphatic hydroxyl groups is 1. The molecule has 0 spiro atoms. The molecule has 1 aromatic rings. The van der Waals surface area contributed by atoms with Gasteiger partial charge in [0.2, 0.25) is 5.91 Å². The van der Waals surface area contributed by atoms with Gasteiger partial charge in [-0.25, -0.2) is 0 Å². The molecule has 4 rings (SSSR count). The van der Waals surface area contributed by atoms with Crippen LogP contribution in [0.5, 0.6) is 0 Å². The topological polar surface area (TPSA) is 67.6 Å². The first kappa shape index (κ1) is 21.9. The molecule has 2 heterocycles. The standard InChI is InChI=1S/C23H28F3N3O2/c24-23(25,26)20-10-19(6-5-17(20)11-27)29-12-18-7-8-28(13-22(18,14-29)15-30)21(31)9-16-3-1-2-4-16/h5-6,10,16,18,30H,1-4,7-9,12-15H2/t18-,22+/m0/s1. The van der Waals surface area contributed by atoms with E-state index < -0.39 is 22.7 Å². The molecule has 3 fully saturated rings. The molecular formula is C23H28F3N3O2. The Kier molecular flexibility index (Phi) is 5.91. The average molecular weight is 435 g/mol. The number of likely N-dealkylation sites (tertiary alicyclic amines) is 1. The van der Waals surface area contributed by atoms with Crippen LogP contribution in [-0.2, 0) is 11.0 Å². The number of carbonyl (C=O) groups excluding carboxylic acids is 1. The summed E-state index contributed by atoms with van der Waals surface area (Å²) in [6.45, 7) is 1.90. The van der Waals surface area contributed by atoms with E-state index in [0.717, 1.165) is 25.3 Å². The Morgan fingerprint density at radius 3 is 2.61 bits per heavy atom. The molecular weight excluding hydrogens is 407 g/mol. The van der Waals surface area contributed by atoms with Crippen molar-refractivity contribution in [1.82, 2.24) is 4.90 Å². The number of fused-ring (bicyclic) bond motifs is 1. The van der Waals surface area contributed by atoms with Gasteiger partial charge in [-0.05, 0) is 49.3 Å². The largest absolute Gasteiger partial charge is 0.417 e. The highest BCUT2D eigenvalue weighted by atomic mass is 19.4. The highest BCUT2D eigenvalue weighted by molar-refractivity contribution is 5.76. The first-order chi connectivity index (χ1) is 14.8. The minimum absolute atomic E-state index is 0.107. The van der Waals surface area contributed by atoms with Gasteiger partial charge in [0.1, 0.15) is 0 Å². The lowest BCUT2D eigenvalue weighted by molar-refractivity contribution is -0.138. The van der Waals surface area contributed by atoms with Crippen molar-refractivity contribution in [2.75, 3.05) is 37.7 Å². The number of alkyl halides is 3. The van der Waals surface area contributed by atoms with Gasteiger partial charge in [0, 0.05) is 43.7 Å². The number of nitriles is 1. The summed E-state index contributed by atoms with van der Waals surface area (Å²) in [6, 6.07) is 5.40. The molecule has 5 nitrogen and oxygen atoms in total. The van der Waals surface area contributed by atoms with Crippen LogP contribution in [0, 0.1) is 28.6 Å². The van der Waals surface area contributed by atoms with E-state index in [1.807, 2.05) is 9.80 Å². The van der Waals surface area contributed by atoms with Gasteiger partial charge in [0.15, 0.2) is 0 Å². The molecule has 0 radical (unpaired) electrons. The second-order valence-corrected chi connectivity index (χ2v) is 9.40. The first-order valence-corrected chi connectivity index (χ1v) is 11.0. The van der Waals surface area contributed by atoms with Crippen LogP contribution in [0.15, 0.2) is 18.2 Å². The van der Waals surface area contributed by atoms with Crippen molar-refractivity contribution < 1.29 is 23.1 Å². The molecule has 0 unspecified atom stereocenters. The Morgan fingerprint density at radius 2 is 1.97 bits per heavy atom. The van der Waals surface area contributed by atoms with Gasteiger partial charge in [-0.3, -0.25) is 4.79 Å². The summed E-state index contributed by atoms with van der Waals surface area (Å²) < 4.78 is 40.2. The average Bonchev–Trinajstić information content (AvgIpc) is 3.39. The summed E-state index contributed by atoms with van der Waals surface area (Å²) >= 11 is 0. The van der Waals surface area contributed by atoms with E-state index in [0.29, 0.717) is 44.2 Å². The fraction of sp³-hybridized carbons (Fsp3) is 0.652. The summed E-state index contributed by atoms with van der Waals surface area (Å²) in [5, 5.41) is 19.3. The number of piperidine rings is 1. The lowest BCUT2D eigenvalue weighted by atomic mass is 9.74. The van der Waals surface area contributed by atoms with Crippen LogP contribution in [0.2, 0.25) is 0 Å². The highest BCUT2D eigenvalue weighted by Gasteiger charge is 2.50. The van der Waals surface area contributed by atoms with Gasteiger partial charge in [0.25, 0.3) is 0 Å². The van der Waals surface area contributed by atoms with Crippen LogP contribution in [0.25, 0.3) is 0 Å². The lowest BCUT2D eigenvalue weighted by Gasteiger charge is -2.43. The third kappa shape index (κ3) is 4.25. The van der Waals surface area contributed by atoms with Gasteiger partial charge in [-0.2, -0.15) is 18.4 Å². The number of carbonyl (C=O) groups is 1. The van der Waals surface area contributed by atoms with Crippen molar-refractivity contribution in [1.29, 1.82) is 5.26 Å². The molecule has 1 amide bonds. The predicted octanol–water partition coefficient (Wildman–Crippen LogP) is 3.80. The van der Waals surface area contributed by atoms with Gasteiger partial charge >= 0.3 is 6.18 Å². The molecule has 8 heteroatoms. The van der Waals surface area contributed by atoms with E-state index in [-0.39, 0.29) is 18.4 Å². The van der Waals surface area contributed by atoms with E-state index in [4.69, 9.17) is 5.26 Å². The van der Waals surface area contributed by atoms with E-state index in [1.165, 1.54) is 18.9 Å². The molecule has 2 saturated heterocycles. The van der Waals surface area contributed by atoms with Crippen molar-refractivity contribution in [3.05, 3.63) is 29.3 Å². The molecule has 1 aromatic carbocycles. The molecule has 2 aliphatic heterocycles. The van der Waals surface area contributed by atoms with Crippen LogP contribution in [0.1, 0.15) is 49.7 Å². The van der Waals surface area contributed by atoms with E-state index >= 15 is 0 Å². The minimum atomic E-state index is -4.61. The Labute approximate surface area is 180 Å². The van der Waals surface area contributed by atoms with Crippen LogP contribution in [-0.4, -0.2) is 48.7 Å².